The summed E-state index contributed by atoms with van der Waals surface area (Å²) in [6, 6.07) is 7.42. The second-order valence-electron chi connectivity index (χ2n) is 4.58. The monoisotopic (exact) mass is 332 g/mol. The van der Waals surface area contributed by atoms with Gasteiger partial charge in [-0.15, -0.1) is 11.3 Å². The van der Waals surface area contributed by atoms with Crippen molar-refractivity contribution < 1.29 is 4.74 Å². The first-order valence-electron chi connectivity index (χ1n) is 6.70. The number of aromatic nitrogens is 2. The van der Waals surface area contributed by atoms with Gasteiger partial charge in [0.25, 0.3) is 5.56 Å². The van der Waals surface area contributed by atoms with Crippen LogP contribution in [0, 0.1) is 0 Å². The zero-order valence-corrected chi connectivity index (χ0v) is 13.4. The van der Waals surface area contributed by atoms with Crippen molar-refractivity contribution in [3.05, 3.63) is 57.4 Å². The molecule has 3 aromatic rings. The summed E-state index contributed by atoms with van der Waals surface area (Å²) in [4.78, 5) is 20.2. The van der Waals surface area contributed by atoms with Crippen LogP contribution in [0.15, 0.2) is 41.0 Å². The minimum Gasteiger partial charge on any atom is -0.491 e. The Morgan fingerprint density at radius 2 is 2.18 bits per heavy atom. The van der Waals surface area contributed by atoms with Crippen molar-refractivity contribution in [3.8, 4) is 11.1 Å². The molecule has 0 spiro atoms. The molecule has 112 valence electrons. The summed E-state index contributed by atoms with van der Waals surface area (Å²) < 4.78 is 5.30. The SMILES string of the molecule is C=C(OCC)c1nc2scc(-c3ccccc3Cl)c2c(=O)[nH]1. The van der Waals surface area contributed by atoms with E-state index in [4.69, 9.17) is 16.3 Å². The highest BCUT2D eigenvalue weighted by molar-refractivity contribution is 7.17. The molecule has 6 heteroatoms. The fourth-order valence-corrected chi connectivity index (χ4v) is 3.38. The molecule has 0 atom stereocenters. The quantitative estimate of drug-likeness (QED) is 0.724. The van der Waals surface area contributed by atoms with Gasteiger partial charge in [-0.05, 0) is 13.0 Å². The molecule has 0 radical (unpaired) electrons. The van der Waals surface area contributed by atoms with Gasteiger partial charge in [0.15, 0.2) is 11.6 Å². The molecule has 22 heavy (non-hydrogen) atoms. The van der Waals surface area contributed by atoms with Gasteiger partial charge < -0.3 is 9.72 Å². The van der Waals surface area contributed by atoms with Crippen LogP contribution in [0.4, 0.5) is 0 Å². The van der Waals surface area contributed by atoms with E-state index in [1.165, 1.54) is 11.3 Å². The Kier molecular flexibility index (Phi) is 4.00. The lowest BCUT2D eigenvalue weighted by molar-refractivity contribution is 0.296. The van der Waals surface area contributed by atoms with Gasteiger partial charge in [0.2, 0.25) is 0 Å². The number of nitrogens with zero attached hydrogens (tertiary/aromatic N) is 1. The maximum absolute atomic E-state index is 12.4. The second kappa shape index (κ2) is 5.94. The maximum Gasteiger partial charge on any atom is 0.260 e. The zero-order chi connectivity index (χ0) is 15.7. The number of fused-ring (bicyclic) bond motifs is 1. The van der Waals surface area contributed by atoms with Crippen LogP contribution in [-0.4, -0.2) is 16.6 Å². The highest BCUT2D eigenvalue weighted by atomic mass is 35.5. The number of hydrogen-bond donors (Lipinski definition) is 1. The molecule has 0 unspecified atom stereocenters. The van der Waals surface area contributed by atoms with Crippen molar-refractivity contribution in [2.75, 3.05) is 6.61 Å². The number of ether oxygens (including phenoxy) is 1. The molecule has 0 aliphatic carbocycles. The Bertz CT molecular complexity index is 914. The summed E-state index contributed by atoms with van der Waals surface area (Å²) in [5.41, 5.74) is 1.38. The van der Waals surface area contributed by atoms with Crippen molar-refractivity contribution >= 4 is 38.9 Å². The molecule has 0 aliphatic heterocycles. The van der Waals surface area contributed by atoms with E-state index in [1.807, 2.05) is 30.5 Å². The predicted molar refractivity (Wildman–Crippen MR) is 91.3 cm³/mol. The molecular formula is C16H13ClN2O2S. The largest absolute Gasteiger partial charge is 0.491 e. The number of aromatic amines is 1. The molecule has 2 aromatic heterocycles. The molecule has 1 N–H and O–H groups in total. The van der Waals surface area contributed by atoms with Crippen molar-refractivity contribution in [2.45, 2.75) is 6.92 Å². The fourth-order valence-electron chi connectivity index (χ4n) is 2.20. The molecule has 0 saturated carbocycles. The van der Waals surface area contributed by atoms with E-state index in [0.29, 0.717) is 33.4 Å². The Hall–Kier alpha value is -2.11. The minimum atomic E-state index is -0.225. The van der Waals surface area contributed by atoms with Crippen LogP contribution in [0.3, 0.4) is 0 Å². The van der Waals surface area contributed by atoms with Crippen molar-refractivity contribution in [1.82, 2.24) is 9.97 Å². The van der Waals surface area contributed by atoms with Gasteiger partial charge >= 0.3 is 0 Å². The Labute approximate surface area is 136 Å². The van der Waals surface area contributed by atoms with Gasteiger partial charge in [-0.25, -0.2) is 4.98 Å². The second-order valence-corrected chi connectivity index (χ2v) is 5.85. The molecule has 0 aliphatic rings. The summed E-state index contributed by atoms with van der Waals surface area (Å²) in [5, 5.41) is 3.02. The van der Waals surface area contributed by atoms with E-state index in [1.54, 1.807) is 6.07 Å². The maximum atomic E-state index is 12.4. The number of hydrogen-bond acceptors (Lipinski definition) is 4. The van der Waals surface area contributed by atoms with Crippen LogP contribution in [0.1, 0.15) is 12.7 Å². The van der Waals surface area contributed by atoms with Crippen molar-refractivity contribution in [1.29, 1.82) is 0 Å². The zero-order valence-electron chi connectivity index (χ0n) is 11.9. The van der Waals surface area contributed by atoms with Gasteiger partial charge in [0.05, 0.1) is 12.0 Å². The van der Waals surface area contributed by atoms with Gasteiger partial charge in [-0.3, -0.25) is 4.79 Å². The third-order valence-electron chi connectivity index (χ3n) is 3.19. The minimum absolute atomic E-state index is 0.225. The lowest BCUT2D eigenvalue weighted by Gasteiger charge is -2.06. The lowest BCUT2D eigenvalue weighted by Crippen LogP contribution is -2.11. The van der Waals surface area contributed by atoms with Crippen LogP contribution in [0.25, 0.3) is 27.1 Å². The van der Waals surface area contributed by atoms with Gasteiger partial charge in [-0.2, -0.15) is 0 Å². The smallest absolute Gasteiger partial charge is 0.260 e. The van der Waals surface area contributed by atoms with Crippen LogP contribution < -0.4 is 5.56 Å². The molecule has 3 rings (SSSR count). The van der Waals surface area contributed by atoms with Crippen molar-refractivity contribution in [2.24, 2.45) is 0 Å². The first-order chi connectivity index (χ1) is 10.6. The Morgan fingerprint density at radius 3 is 2.91 bits per heavy atom. The van der Waals surface area contributed by atoms with E-state index in [2.05, 4.69) is 16.5 Å². The summed E-state index contributed by atoms with van der Waals surface area (Å²) >= 11 is 7.62. The standard InChI is InChI=1S/C16H13ClN2O2S/c1-3-21-9(2)14-18-15(20)13-11(8-22-16(13)19-14)10-6-4-5-7-12(10)17/h4-8H,2-3H2,1H3,(H,18,19,20). The summed E-state index contributed by atoms with van der Waals surface area (Å²) in [6.45, 7) is 6.09. The molecule has 2 heterocycles. The normalized spacial score (nSPS) is 10.8. The number of benzene rings is 1. The third-order valence-corrected chi connectivity index (χ3v) is 4.39. The number of rotatable bonds is 4. The average Bonchev–Trinajstić information content (AvgIpc) is 2.92. The fraction of sp³-hybridized carbons (Fsp3) is 0.125. The molecule has 0 bridgehead atoms. The topological polar surface area (TPSA) is 55.0 Å². The van der Waals surface area contributed by atoms with E-state index in [9.17, 15) is 4.79 Å². The molecule has 0 saturated heterocycles. The average molecular weight is 333 g/mol. The predicted octanol–water partition coefficient (Wildman–Crippen LogP) is 4.31. The van der Waals surface area contributed by atoms with Crippen LogP contribution in [-0.2, 0) is 4.74 Å². The number of H-pyrrole nitrogens is 1. The van der Waals surface area contributed by atoms with E-state index >= 15 is 0 Å². The van der Waals surface area contributed by atoms with E-state index < -0.39 is 0 Å². The third kappa shape index (κ3) is 2.53. The Balaban J connectivity index is 2.19. The summed E-state index contributed by atoms with van der Waals surface area (Å²) in [7, 11) is 0. The number of nitrogens with one attached hydrogen (secondary N) is 1. The van der Waals surface area contributed by atoms with Crippen LogP contribution in [0.5, 0.6) is 0 Å². The van der Waals surface area contributed by atoms with Gasteiger partial charge in [0.1, 0.15) is 4.83 Å². The molecule has 4 nitrogen and oxygen atoms in total. The highest BCUT2D eigenvalue weighted by Gasteiger charge is 2.15. The van der Waals surface area contributed by atoms with E-state index in [-0.39, 0.29) is 5.56 Å². The van der Waals surface area contributed by atoms with Gasteiger partial charge in [0, 0.05) is 21.5 Å². The highest BCUT2D eigenvalue weighted by Crippen LogP contribution is 2.35. The summed E-state index contributed by atoms with van der Waals surface area (Å²) in [5.74, 6) is 0.709. The van der Waals surface area contributed by atoms with E-state index in [0.717, 1.165) is 11.1 Å². The number of halogens is 1. The first kappa shape index (κ1) is 14.8. The molecule has 0 amide bonds. The van der Waals surface area contributed by atoms with Gasteiger partial charge in [-0.1, -0.05) is 36.4 Å². The molecular weight excluding hydrogens is 320 g/mol. The van der Waals surface area contributed by atoms with Crippen molar-refractivity contribution in [3.63, 3.8) is 0 Å². The summed E-state index contributed by atoms with van der Waals surface area (Å²) in [6.07, 6.45) is 0. The lowest BCUT2D eigenvalue weighted by atomic mass is 10.1. The molecule has 0 fully saturated rings. The molecule has 1 aromatic carbocycles. The number of thiophene rings is 1. The van der Waals surface area contributed by atoms with Crippen LogP contribution in [0.2, 0.25) is 5.02 Å². The first-order valence-corrected chi connectivity index (χ1v) is 7.96. The Morgan fingerprint density at radius 1 is 1.41 bits per heavy atom. The van der Waals surface area contributed by atoms with Crippen LogP contribution >= 0.6 is 22.9 Å².